The Balaban J connectivity index is 1.92. The molecule has 0 spiro atoms. The zero-order chi connectivity index (χ0) is 12.4. The van der Waals surface area contributed by atoms with E-state index in [-0.39, 0.29) is 12.7 Å². The molecule has 1 heterocycles. The topological polar surface area (TPSA) is 35.5 Å². The predicted molar refractivity (Wildman–Crippen MR) is 67.8 cm³/mol. The quantitative estimate of drug-likeness (QED) is 0.761. The summed E-state index contributed by atoms with van der Waals surface area (Å²) in [4.78, 5) is 10.9. The van der Waals surface area contributed by atoms with Crippen molar-refractivity contribution in [3.63, 3.8) is 0 Å². The number of rotatable bonds is 4. The van der Waals surface area contributed by atoms with Crippen LogP contribution in [-0.2, 0) is 4.79 Å². The van der Waals surface area contributed by atoms with Gasteiger partial charge in [0.15, 0.2) is 11.5 Å². The lowest BCUT2D eigenvalue weighted by atomic mass is 9.88. The number of fused-ring (bicyclic) bond motifs is 1. The Bertz CT molecular complexity index is 529. The van der Waals surface area contributed by atoms with Crippen LogP contribution >= 0.6 is 0 Å². The van der Waals surface area contributed by atoms with Crippen LogP contribution in [0.1, 0.15) is 24.3 Å². The van der Waals surface area contributed by atoms with E-state index in [2.05, 4.69) is 12.2 Å². The first-order chi connectivity index (χ1) is 8.88. The molecule has 3 nitrogen and oxygen atoms in total. The van der Waals surface area contributed by atoms with Crippen LogP contribution < -0.4 is 9.47 Å². The lowest BCUT2D eigenvalue weighted by Gasteiger charge is -2.16. The van der Waals surface area contributed by atoms with Gasteiger partial charge in [0.1, 0.15) is 6.29 Å². The third kappa shape index (κ3) is 1.92. The molecule has 3 rings (SSSR count). The Labute approximate surface area is 106 Å². The Morgan fingerprint density at radius 2 is 2.17 bits per heavy atom. The first-order valence-electron chi connectivity index (χ1n) is 6.07. The van der Waals surface area contributed by atoms with Gasteiger partial charge in [-0.25, -0.2) is 0 Å². The van der Waals surface area contributed by atoms with E-state index in [0.29, 0.717) is 6.42 Å². The molecule has 0 N–H and O–H groups in total. The van der Waals surface area contributed by atoms with Crippen molar-refractivity contribution in [2.24, 2.45) is 0 Å². The summed E-state index contributed by atoms with van der Waals surface area (Å²) >= 11 is 0. The van der Waals surface area contributed by atoms with Crippen molar-refractivity contribution in [3.05, 3.63) is 47.6 Å². The first-order valence-corrected chi connectivity index (χ1v) is 6.07. The molecule has 1 atom stereocenters. The predicted octanol–water partition coefficient (Wildman–Crippen LogP) is 2.97. The van der Waals surface area contributed by atoms with Crippen molar-refractivity contribution >= 4 is 6.29 Å². The molecule has 1 aliphatic heterocycles. The molecule has 0 bridgehead atoms. The van der Waals surface area contributed by atoms with Crippen LogP contribution in [0, 0.1) is 0 Å². The van der Waals surface area contributed by atoms with Crippen molar-refractivity contribution in [2.75, 3.05) is 6.79 Å². The van der Waals surface area contributed by atoms with Gasteiger partial charge in [0.05, 0.1) is 0 Å². The van der Waals surface area contributed by atoms with E-state index in [4.69, 9.17) is 9.47 Å². The van der Waals surface area contributed by atoms with Gasteiger partial charge in [-0.15, -0.1) is 0 Å². The lowest BCUT2D eigenvalue weighted by molar-refractivity contribution is -0.108. The number of benzene rings is 1. The summed E-state index contributed by atoms with van der Waals surface area (Å²) in [6.45, 7) is 0.279. The Morgan fingerprint density at radius 3 is 2.94 bits per heavy atom. The van der Waals surface area contributed by atoms with Crippen molar-refractivity contribution in [1.29, 1.82) is 0 Å². The monoisotopic (exact) mass is 242 g/mol. The molecule has 0 amide bonds. The minimum atomic E-state index is 0.145. The van der Waals surface area contributed by atoms with E-state index in [1.807, 2.05) is 24.3 Å². The number of carbonyl (C=O) groups excluding carboxylic acids is 1. The zero-order valence-electron chi connectivity index (χ0n) is 9.96. The fourth-order valence-corrected chi connectivity index (χ4v) is 2.45. The molecule has 18 heavy (non-hydrogen) atoms. The van der Waals surface area contributed by atoms with Gasteiger partial charge in [-0.3, -0.25) is 0 Å². The van der Waals surface area contributed by atoms with Gasteiger partial charge in [-0.05, 0) is 24.1 Å². The van der Waals surface area contributed by atoms with Crippen LogP contribution in [0.15, 0.2) is 42.0 Å². The number of aldehydes is 1. The lowest BCUT2D eigenvalue weighted by Crippen LogP contribution is -2.02. The summed E-state index contributed by atoms with van der Waals surface area (Å²) in [6, 6.07) is 5.91. The molecule has 0 saturated carbocycles. The zero-order valence-corrected chi connectivity index (χ0v) is 9.96. The van der Waals surface area contributed by atoms with Gasteiger partial charge in [0, 0.05) is 12.3 Å². The van der Waals surface area contributed by atoms with Crippen LogP contribution in [0.2, 0.25) is 0 Å². The van der Waals surface area contributed by atoms with Gasteiger partial charge in [0.2, 0.25) is 6.79 Å². The van der Waals surface area contributed by atoms with E-state index in [0.717, 1.165) is 29.8 Å². The minimum Gasteiger partial charge on any atom is -0.454 e. The average Bonchev–Trinajstić information content (AvgIpc) is 3.05. The summed E-state index contributed by atoms with van der Waals surface area (Å²) in [5.74, 6) is 1.70. The van der Waals surface area contributed by atoms with Crippen LogP contribution in [0.25, 0.3) is 0 Å². The summed E-state index contributed by atoms with van der Waals surface area (Å²) in [7, 11) is 0. The summed E-state index contributed by atoms with van der Waals surface area (Å²) in [5, 5.41) is 0. The molecule has 1 aromatic carbocycles. The number of allylic oxidation sites excluding steroid dienone is 4. The average molecular weight is 242 g/mol. The molecule has 0 unspecified atom stereocenters. The second-order valence-corrected chi connectivity index (χ2v) is 4.44. The summed E-state index contributed by atoms with van der Waals surface area (Å²) in [6.07, 6.45) is 8.66. The van der Waals surface area contributed by atoms with Gasteiger partial charge in [-0.2, -0.15) is 0 Å². The maximum atomic E-state index is 10.9. The fraction of sp³-hybridized carbons (Fsp3) is 0.267. The fourth-order valence-electron chi connectivity index (χ4n) is 2.45. The van der Waals surface area contributed by atoms with Crippen molar-refractivity contribution in [1.82, 2.24) is 0 Å². The molecule has 2 aliphatic rings. The normalized spacial score (nSPS) is 17.7. The third-order valence-electron chi connectivity index (χ3n) is 3.38. The van der Waals surface area contributed by atoms with Crippen molar-refractivity contribution < 1.29 is 14.3 Å². The highest BCUT2D eigenvalue weighted by Crippen LogP contribution is 2.38. The van der Waals surface area contributed by atoms with Gasteiger partial charge < -0.3 is 14.3 Å². The van der Waals surface area contributed by atoms with Gasteiger partial charge in [0.25, 0.3) is 0 Å². The molecular weight excluding hydrogens is 228 g/mol. The summed E-state index contributed by atoms with van der Waals surface area (Å²) < 4.78 is 10.7. The summed E-state index contributed by atoms with van der Waals surface area (Å²) in [5.41, 5.74) is 2.39. The number of carbonyl (C=O) groups is 1. The molecule has 0 saturated heterocycles. The van der Waals surface area contributed by atoms with Crippen LogP contribution in [0.5, 0.6) is 11.5 Å². The molecule has 1 aliphatic carbocycles. The molecule has 0 radical (unpaired) electrons. The second kappa shape index (κ2) is 4.69. The van der Waals surface area contributed by atoms with Crippen molar-refractivity contribution in [3.8, 4) is 11.5 Å². The maximum absolute atomic E-state index is 10.9. The standard InChI is InChI=1S/C15H14O3/c16-8-7-13(11-3-1-2-4-11)12-5-6-14-15(9-12)18-10-17-14/h1-3,5-6,8-9,13H,4,7,10H2/t13-/m1/s1. The SMILES string of the molecule is O=CC[C@H](C1=CC=CC1)c1ccc2c(c1)OCO2. The molecule has 3 heteroatoms. The third-order valence-corrected chi connectivity index (χ3v) is 3.38. The Hall–Kier alpha value is -2.03. The van der Waals surface area contributed by atoms with Crippen LogP contribution in [0.3, 0.4) is 0 Å². The highest BCUT2D eigenvalue weighted by molar-refractivity contribution is 5.56. The maximum Gasteiger partial charge on any atom is 0.231 e. The molecule has 0 aromatic heterocycles. The van der Waals surface area contributed by atoms with E-state index < -0.39 is 0 Å². The van der Waals surface area contributed by atoms with E-state index in [9.17, 15) is 4.79 Å². The number of hydrogen-bond donors (Lipinski definition) is 0. The molecular formula is C15H14O3. The van der Waals surface area contributed by atoms with Crippen LogP contribution in [-0.4, -0.2) is 13.1 Å². The van der Waals surface area contributed by atoms with Crippen molar-refractivity contribution in [2.45, 2.75) is 18.8 Å². The molecule has 0 fully saturated rings. The Kier molecular flexibility index (Phi) is 2.89. The van der Waals surface area contributed by atoms with E-state index >= 15 is 0 Å². The minimum absolute atomic E-state index is 0.145. The highest BCUT2D eigenvalue weighted by Gasteiger charge is 2.20. The first kappa shape index (κ1) is 11.1. The van der Waals surface area contributed by atoms with E-state index in [1.54, 1.807) is 0 Å². The highest BCUT2D eigenvalue weighted by atomic mass is 16.7. The Morgan fingerprint density at radius 1 is 1.28 bits per heavy atom. The smallest absolute Gasteiger partial charge is 0.231 e. The second-order valence-electron chi connectivity index (χ2n) is 4.44. The van der Waals surface area contributed by atoms with Crippen LogP contribution in [0.4, 0.5) is 0 Å². The van der Waals surface area contributed by atoms with Gasteiger partial charge in [-0.1, -0.05) is 29.9 Å². The molecule has 1 aromatic rings. The van der Waals surface area contributed by atoms with E-state index in [1.165, 1.54) is 5.57 Å². The number of hydrogen-bond acceptors (Lipinski definition) is 3. The number of ether oxygens (including phenoxy) is 2. The molecule has 92 valence electrons. The van der Waals surface area contributed by atoms with Gasteiger partial charge >= 0.3 is 0 Å². The largest absolute Gasteiger partial charge is 0.454 e.